The second kappa shape index (κ2) is 14.2. The molecule has 1 aromatic rings. The van der Waals surface area contributed by atoms with Crippen LogP contribution in [-0.4, -0.2) is 45.3 Å². The lowest BCUT2D eigenvalue weighted by Gasteiger charge is -2.29. The third kappa shape index (κ3) is 9.24. The van der Waals surface area contributed by atoms with Gasteiger partial charge in [-0.15, -0.1) is 11.3 Å². The summed E-state index contributed by atoms with van der Waals surface area (Å²) in [5.41, 5.74) is 2.97. The van der Waals surface area contributed by atoms with Gasteiger partial charge in [0.15, 0.2) is 0 Å². The lowest BCUT2D eigenvalue weighted by Crippen LogP contribution is -2.39. The van der Waals surface area contributed by atoms with Crippen LogP contribution < -0.4 is 0 Å². The first-order valence-electron chi connectivity index (χ1n) is 13.2. The van der Waals surface area contributed by atoms with Crippen LogP contribution >= 0.6 is 11.3 Å². The zero-order chi connectivity index (χ0) is 27.0. The van der Waals surface area contributed by atoms with Gasteiger partial charge in [-0.3, -0.25) is 9.59 Å². The van der Waals surface area contributed by atoms with Crippen LogP contribution in [0.4, 0.5) is 0 Å². The molecule has 1 aliphatic heterocycles. The minimum absolute atomic E-state index is 0.0270. The van der Waals surface area contributed by atoms with E-state index in [1.54, 1.807) is 25.2 Å². The van der Waals surface area contributed by atoms with Gasteiger partial charge in [0.2, 0.25) is 0 Å². The van der Waals surface area contributed by atoms with Crippen LogP contribution in [0, 0.1) is 30.6 Å². The van der Waals surface area contributed by atoms with Gasteiger partial charge in [-0.25, -0.2) is 4.98 Å². The molecule has 0 saturated carbocycles. The minimum Gasteiger partial charge on any atom is -0.457 e. The fourth-order valence-electron chi connectivity index (χ4n) is 4.95. The molecule has 7 heteroatoms. The van der Waals surface area contributed by atoms with Crippen LogP contribution in [0.3, 0.4) is 0 Å². The Hall–Kier alpha value is -1.83. The SMILES string of the molecule is CC1=CC[C@@H](C(C)=Cc2csc(C)n2)OC(=O)C[C@H](O)[C@@H](C)C(=O)[C@H](C)[C@@H](O)[C@@H](C)C[C@H](C)CCC1. The molecule has 0 spiro atoms. The number of allylic oxidation sites excluding steroid dienone is 1. The van der Waals surface area contributed by atoms with Crippen molar-refractivity contribution in [2.45, 2.75) is 105 Å². The second-order valence-corrected chi connectivity index (χ2v) is 12.0. The topological polar surface area (TPSA) is 96.7 Å². The molecule has 0 bridgehead atoms. The summed E-state index contributed by atoms with van der Waals surface area (Å²) in [4.78, 5) is 30.3. The monoisotopic (exact) mass is 519 g/mol. The Morgan fingerprint density at radius 1 is 1.14 bits per heavy atom. The Labute approximate surface area is 220 Å². The number of ketones is 1. The number of esters is 1. The number of hydrogen-bond acceptors (Lipinski definition) is 7. The van der Waals surface area contributed by atoms with Crippen molar-refractivity contribution < 1.29 is 24.5 Å². The summed E-state index contributed by atoms with van der Waals surface area (Å²) < 4.78 is 5.82. The Morgan fingerprint density at radius 2 is 1.83 bits per heavy atom. The Bertz CT molecular complexity index is 936. The maximum Gasteiger partial charge on any atom is 0.309 e. The van der Waals surface area contributed by atoms with E-state index in [4.69, 9.17) is 4.74 Å². The zero-order valence-corrected chi connectivity index (χ0v) is 23.8. The fraction of sp³-hybridized carbons (Fsp3) is 0.690. The first kappa shape index (κ1) is 30.4. The first-order valence-corrected chi connectivity index (χ1v) is 14.1. The molecule has 0 fully saturated rings. The van der Waals surface area contributed by atoms with Crippen LogP contribution in [0.25, 0.3) is 6.08 Å². The van der Waals surface area contributed by atoms with Gasteiger partial charge in [-0.2, -0.15) is 0 Å². The number of ether oxygens (including phenoxy) is 1. The highest BCUT2D eigenvalue weighted by molar-refractivity contribution is 7.09. The van der Waals surface area contributed by atoms with Gasteiger partial charge < -0.3 is 14.9 Å². The highest BCUT2D eigenvalue weighted by atomic mass is 32.1. The summed E-state index contributed by atoms with van der Waals surface area (Å²) >= 11 is 1.57. The number of thiazole rings is 1. The normalized spacial score (nSPS) is 32.9. The number of aryl methyl sites for hydroxylation is 1. The highest BCUT2D eigenvalue weighted by Gasteiger charge is 2.34. The van der Waals surface area contributed by atoms with Crippen molar-refractivity contribution in [1.29, 1.82) is 0 Å². The molecule has 2 heterocycles. The van der Waals surface area contributed by atoms with E-state index in [-0.39, 0.29) is 18.1 Å². The number of hydrogen-bond donors (Lipinski definition) is 2. The quantitative estimate of drug-likeness (QED) is 0.373. The van der Waals surface area contributed by atoms with E-state index in [1.807, 2.05) is 32.2 Å². The maximum atomic E-state index is 13.0. The number of aliphatic hydroxyl groups is 2. The lowest BCUT2D eigenvalue weighted by molar-refractivity contribution is -0.151. The highest BCUT2D eigenvalue weighted by Crippen LogP contribution is 2.28. The number of nitrogens with zero attached hydrogens (tertiary/aromatic N) is 1. The lowest BCUT2D eigenvalue weighted by atomic mass is 9.80. The number of carbonyl (C=O) groups excluding carboxylic acids is 2. The molecule has 0 aliphatic carbocycles. The average Bonchev–Trinajstić information content (AvgIpc) is 3.23. The van der Waals surface area contributed by atoms with Gasteiger partial charge in [0, 0.05) is 23.6 Å². The number of cyclic esters (lactones) is 1. The third-order valence-corrected chi connectivity index (χ3v) is 8.25. The van der Waals surface area contributed by atoms with Crippen molar-refractivity contribution in [1.82, 2.24) is 4.98 Å². The molecule has 36 heavy (non-hydrogen) atoms. The predicted octanol–water partition coefficient (Wildman–Crippen LogP) is 5.90. The molecular formula is C29H45NO5S. The Kier molecular flexibility index (Phi) is 12.0. The van der Waals surface area contributed by atoms with E-state index >= 15 is 0 Å². The standard InChI is InChI=1S/C29H45NO5S/c1-17-9-8-10-18(2)13-20(4)28(33)22(6)29(34)21(5)25(31)15-27(32)35-26(12-11-17)19(3)14-24-16-36-23(7)30-24/h11,14,16,18,20-22,25-26,28,31,33H,8-10,12-13,15H2,1-7H3/t18-,20+,21-,22-,25+,26+,28+/m1/s1. The van der Waals surface area contributed by atoms with Crippen molar-refractivity contribution >= 4 is 29.2 Å². The summed E-state index contributed by atoms with van der Waals surface area (Å²) in [5, 5.41) is 24.5. The van der Waals surface area contributed by atoms with Crippen LogP contribution in [-0.2, 0) is 14.3 Å². The Balaban J connectivity index is 2.28. The van der Waals surface area contributed by atoms with E-state index in [1.165, 1.54) is 5.57 Å². The number of aromatic nitrogens is 1. The summed E-state index contributed by atoms with van der Waals surface area (Å²) in [7, 11) is 0. The summed E-state index contributed by atoms with van der Waals surface area (Å²) in [6.45, 7) is 13.5. The number of rotatable bonds is 2. The second-order valence-electron chi connectivity index (χ2n) is 10.9. The molecule has 1 aromatic heterocycles. The van der Waals surface area contributed by atoms with E-state index in [0.29, 0.717) is 12.3 Å². The molecule has 2 N–H and O–H groups in total. The van der Waals surface area contributed by atoms with Crippen LogP contribution in [0.15, 0.2) is 22.6 Å². The molecule has 202 valence electrons. The predicted molar refractivity (Wildman–Crippen MR) is 146 cm³/mol. The van der Waals surface area contributed by atoms with Gasteiger partial charge in [0.1, 0.15) is 11.9 Å². The van der Waals surface area contributed by atoms with Gasteiger partial charge >= 0.3 is 5.97 Å². The van der Waals surface area contributed by atoms with Gasteiger partial charge in [-0.05, 0) is 63.5 Å². The molecule has 0 aromatic carbocycles. The molecule has 0 radical (unpaired) electrons. The fourth-order valence-corrected chi connectivity index (χ4v) is 5.52. The summed E-state index contributed by atoms with van der Waals surface area (Å²) in [6, 6.07) is 0. The minimum atomic E-state index is -1.17. The van der Waals surface area contributed by atoms with E-state index < -0.39 is 36.1 Å². The van der Waals surface area contributed by atoms with Crippen LogP contribution in [0.5, 0.6) is 0 Å². The molecule has 2 rings (SSSR count). The molecule has 6 nitrogen and oxygen atoms in total. The molecule has 0 amide bonds. The first-order chi connectivity index (χ1) is 16.9. The summed E-state index contributed by atoms with van der Waals surface area (Å²) in [6.07, 6.45) is 5.79. The number of Topliss-reactive ketones (excluding diaryl/α,β-unsaturated/α-hetero) is 1. The average molecular weight is 520 g/mol. The summed E-state index contributed by atoms with van der Waals surface area (Å²) in [5.74, 6) is -1.75. The van der Waals surface area contributed by atoms with E-state index in [0.717, 1.165) is 42.0 Å². The van der Waals surface area contributed by atoms with E-state index in [9.17, 15) is 19.8 Å². The zero-order valence-electron chi connectivity index (χ0n) is 23.0. The molecule has 1 aliphatic rings. The molecule has 7 atom stereocenters. The smallest absolute Gasteiger partial charge is 0.309 e. The van der Waals surface area contributed by atoms with Crippen LogP contribution in [0.2, 0.25) is 0 Å². The van der Waals surface area contributed by atoms with Crippen molar-refractivity contribution in [2.75, 3.05) is 0 Å². The van der Waals surface area contributed by atoms with Gasteiger partial charge in [-0.1, -0.05) is 45.8 Å². The number of aliphatic hydroxyl groups excluding tert-OH is 2. The van der Waals surface area contributed by atoms with Gasteiger partial charge in [0.05, 0.1) is 29.3 Å². The van der Waals surface area contributed by atoms with Crippen molar-refractivity contribution in [2.24, 2.45) is 23.7 Å². The molecule has 0 saturated heterocycles. The Morgan fingerprint density at radius 3 is 2.47 bits per heavy atom. The maximum absolute atomic E-state index is 13.0. The molecule has 0 unspecified atom stereocenters. The van der Waals surface area contributed by atoms with Crippen molar-refractivity contribution in [3.63, 3.8) is 0 Å². The van der Waals surface area contributed by atoms with Crippen molar-refractivity contribution in [3.05, 3.63) is 33.3 Å². The number of carbonyl (C=O) groups is 2. The third-order valence-electron chi connectivity index (χ3n) is 7.46. The van der Waals surface area contributed by atoms with Crippen LogP contribution in [0.1, 0.15) is 90.8 Å². The largest absolute Gasteiger partial charge is 0.457 e. The van der Waals surface area contributed by atoms with Crippen molar-refractivity contribution in [3.8, 4) is 0 Å². The van der Waals surface area contributed by atoms with E-state index in [2.05, 4.69) is 24.9 Å². The van der Waals surface area contributed by atoms with Gasteiger partial charge in [0.25, 0.3) is 0 Å². The molecular weight excluding hydrogens is 474 g/mol.